The summed E-state index contributed by atoms with van der Waals surface area (Å²) in [5, 5.41) is 19.9. The second-order valence-electron chi connectivity index (χ2n) is 7.81. The Bertz CT molecular complexity index is 759. The zero-order chi connectivity index (χ0) is 21.6. The molecule has 1 aromatic rings. The number of rotatable bonds is 7. The van der Waals surface area contributed by atoms with Crippen LogP contribution < -0.4 is 9.47 Å². The molecule has 10 heteroatoms. The Labute approximate surface area is 168 Å². The first kappa shape index (κ1) is 22.3. The van der Waals surface area contributed by atoms with Crippen molar-refractivity contribution in [2.75, 3.05) is 26.3 Å². The molecule has 1 atom stereocenters. The van der Waals surface area contributed by atoms with Gasteiger partial charge in [-0.25, -0.2) is 9.59 Å². The summed E-state index contributed by atoms with van der Waals surface area (Å²) in [6.45, 7) is 6.14. The summed E-state index contributed by atoms with van der Waals surface area (Å²) in [5.74, 6) is -1.03. The molecule has 29 heavy (non-hydrogen) atoms. The van der Waals surface area contributed by atoms with Gasteiger partial charge in [0.1, 0.15) is 11.4 Å². The Hall–Kier alpha value is -3.04. The molecule has 1 amide bonds. The molecule has 0 bridgehead atoms. The van der Waals surface area contributed by atoms with Crippen LogP contribution in [0.2, 0.25) is 0 Å². The smallest absolute Gasteiger partial charge is 0.410 e. The van der Waals surface area contributed by atoms with Crippen LogP contribution in [0, 0.1) is 16.0 Å². The molecule has 0 saturated carbocycles. The molecule has 1 aliphatic heterocycles. The van der Waals surface area contributed by atoms with Crippen LogP contribution in [0.1, 0.15) is 33.6 Å². The molecule has 1 saturated heterocycles. The van der Waals surface area contributed by atoms with E-state index in [9.17, 15) is 19.7 Å². The molecule has 0 aromatic heterocycles. The summed E-state index contributed by atoms with van der Waals surface area (Å²) in [5.41, 5.74) is -0.938. The minimum Gasteiger partial charge on any atom is -0.493 e. The number of likely N-dealkylation sites (tertiary alicyclic amines) is 1. The number of hydrogen-bond acceptors (Lipinski definition) is 7. The van der Waals surface area contributed by atoms with Gasteiger partial charge in [-0.1, -0.05) is 0 Å². The largest absolute Gasteiger partial charge is 0.493 e. The van der Waals surface area contributed by atoms with Crippen molar-refractivity contribution in [3.05, 3.63) is 28.3 Å². The van der Waals surface area contributed by atoms with E-state index in [1.165, 1.54) is 18.2 Å². The summed E-state index contributed by atoms with van der Waals surface area (Å²) in [6, 6.07) is 3.99. The van der Waals surface area contributed by atoms with Gasteiger partial charge in [-0.05, 0) is 45.7 Å². The highest BCUT2D eigenvalue weighted by Gasteiger charge is 2.28. The van der Waals surface area contributed by atoms with Crippen LogP contribution in [0.4, 0.5) is 10.5 Å². The molecule has 0 spiro atoms. The topological polar surface area (TPSA) is 128 Å². The van der Waals surface area contributed by atoms with E-state index >= 15 is 0 Å². The Morgan fingerprint density at radius 1 is 1.31 bits per heavy atom. The minimum atomic E-state index is -1.23. The number of carbonyl (C=O) groups excluding carboxylic acids is 1. The van der Waals surface area contributed by atoms with Gasteiger partial charge in [-0.2, -0.15) is 0 Å². The number of carboxylic acids is 1. The van der Waals surface area contributed by atoms with E-state index in [0.717, 1.165) is 12.8 Å². The first-order valence-electron chi connectivity index (χ1n) is 9.29. The standard InChI is InChI=1S/C19H26N2O8/c1-19(2,3)29-18(24)20-8-4-5-13(10-20)11-27-14-6-7-16(28-12-17(22)23)15(9-14)21(25)26/h6-7,9,13H,4-5,8,10-12H2,1-3H3,(H,22,23). The van der Waals surface area contributed by atoms with Gasteiger partial charge in [0.05, 0.1) is 17.6 Å². The molecule has 0 radical (unpaired) electrons. The second-order valence-corrected chi connectivity index (χ2v) is 7.81. The zero-order valence-corrected chi connectivity index (χ0v) is 16.8. The van der Waals surface area contributed by atoms with Gasteiger partial charge >= 0.3 is 17.7 Å². The van der Waals surface area contributed by atoms with Crippen molar-refractivity contribution in [2.24, 2.45) is 5.92 Å². The van der Waals surface area contributed by atoms with Crippen molar-refractivity contribution >= 4 is 17.7 Å². The highest BCUT2D eigenvalue weighted by atomic mass is 16.6. The predicted molar refractivity (Wildman–Crippen MR) is 102 cm³/mol. The third kappa shape index (κ3) is 7.13. The van der Waals surface area contributed by atoms with Gasteiger partial charge in [0.15, 0.2) is 12.4 Å². The molecule has 2 rings (SSSR count). The quantitative estimate of drug-likeness (QED) is 0.536. The summed E-state index contributed by atoms with van der Waals surface area (Å²) in [6.07, 6.45) is 1.31. The van der Waals surface area contributed by atoms with E-state index < -0.39 is 23.1 Å². The van der Waals surface area contributed by atoms with Crippen LogP contribution in [0.25, 0.3) is 0 Å². The third-order valence-electron chi connectivity index (χ3n) is 4.13. The number of carboxylic acid groups (broad SMARTS) is 1. The molecule has 160 valence electrons. The maximum atomic E-state index is 12.2. The molecule has 1 aliphatic rings. The Balaban J connectivity index is 1.96. The average Bonchev–Trinajstić information content (AvgIpc) is 2.63. The van der Waals surface area contributed by atoms with E-state index in [0.29, 0.717) is 13.1 Å². The van der Waals surface area contributed by atoms with E-state index in [-0.39, 0.29) is 35.8 Å². The number of nitrogens with zero attached hydrogens (tertiary/aromatic N) is 2. The molecular weight excluding hydrogens is 384 g/mol. The number of piperidine rings is 1. The van der Waals surface area contributed by atoms with Gasteiger partial charge in [0.2, 0.25) is 0 Å². The van der Waals surface area contributed by atoms with Crippen molar-refractivity contribution < 1.29 is 33.8 Å². The Morgan fingerprint density at radius 2 is 2.03 bits per heavy atom. The lowest BCUT2D eigenvalue weighted by Crippen LogP contribution is -2.44. The van der Waals surface area contributed by atoms with Gasteiger partial charge in [0, 0.05) is 19.0 Å². The van der Waals surface area contributed by atoms with E-state index in [2.05, 4.69) is 0 Å². The monoisotopic (exact) mass is 410 g/mol. The highest BCUT2D eigenvalue weighted by molar-refractivity contribution is 5.69. The predicted octanol–water partition coefficient (Wildman–Crippen LogP) is 3.08. The number of nitro benzene ring substituents is 1. The number of amides is 1. The number of hydrogen-bond donors (Lipinski definition) is 1. The first-order chi connectivity index (χ1) is 13.5. The lowest BCUT2D eigenvalue weighted by atomic mass is 9.99. The van der Waals surface area contributed by atoms with Gasteiger partial charge in [-0.15, -0.1) is 0 Å². The summed E-state index contributed by atoms with van der Waals surface area (Å²) >= 11 is 0. The zero-order valence-electron chi connectivity index (χ0n) is 16.8. The number of nitro groups is 1. The maximum absolute atomic E-state index is 12.2. The fourth-order valence-electron chi connectivity index (χ4n) is 2.90. The van der Waals surface area contributed by atoms with E-state index in [1.807, 2.05) is 20.8 Å². The molecule has 1 fully saturated rings. The Kier molecular flexibility index (Phi) is 7.24. The lowest BCUT2D eigenvalue weighted by Gasteiger charge is -2.34. The average molecular weight is 410 g/mol. The van der Waals surface area contributed by atoms with Crippen molar-refractivity contribution in [3.8, 4) is 11.5 Å². The SMILES string of the molecule is CC(C)(C)OC(=O)N1CCCC(COc2ccc(OCC(=O)O)c([N+](=O)[O-])c2)C1. The molecule has 1 heterocycles. The van der Waals surface area contributed by atoms with Crippen LogP contribution in [-0.2, 0) is 9.53 Å². The van der Waals surface area contributed by atoms with Crippen LogP contribution in [0.15, 0.2) is 18.2 Å². The number of aliphatic carboxylic acids is 1. The number of benzene rings is 1. The van der Waals surface area contributed by atoms with Crippen LogP contribution in [-0.4, -0.2) is 58.9 Å². The van der Waals surface area contributed by atoms with Crippen molar-refractivity contribution in [1.82, 2.24) is 4.90 Å². The third-order valence-corrected chi connectivity index (χ3v) is 4.13. The van der Waals surface area contributed by atoms with Gasteiger partial charge in [0.25, 0.3) is 0 Å². The van der Waals surface area contributed by atoms with Crippen molar-refractivity contribution in [3.63, 3.8) is 0 Å². The molecule has 1 unspecified atom stereocenters. The van der Waals surface area contributed by atoms with E-state index in [4.69, 9.17) is 19.3 Å². The number of ether oxygens (including phenoxy) is 3. The maximum Gasteiger partial charge on any atom is 0.410 e. The van der Waals surface area contributed by atoms with Crippen molar-refractivity contribution in [2.45, 2.75) is 39.2 Å². The molecule has 0 aliphatic carbocycles. The van der Waals surface area contributed by atoms with E-state index in [1.54, 1.807) is 4.90 Å². The minimum absolute atomic E-state index is 0.0678. The van der Waals surface area contributed by atoms with Crippen LogP contribution >= 0.6 is 0 Å². The van der Waals surface area contributed by atoms with Crippen molar-refractivity contribution in [1.29, 1.82) is 0 Å². The first-order valence-corrected chi connectivity index (χ1v) is 9.29. The molecule has 1 aromatic carbocycles. The molecular formula is C19H26N2O8. The summed E-state index contributed by atoms with van der Waals surface area (Å²) in [4.78, 5) is 35.0. The van der Waals surface area contributed by atoms with Gasteiger partial charge in [-0.3, -0.25) is 10.1 Å². The molecule has 1 N–H and O–H groups in total. The Morgan fingerprint density at radius 3 is 2.66 bits per heavy atom. The van der Waals surface area contributed by atoms with Gasteiger partial charge < -0.3 is 24.2 Å². The summed E-state index contributed by atoms with van der Waals surface area (Å²) < 4.78 is 16.0. The number of carbonyl (C=O) groups is 2. The summed E-state index contributed by atoms with van der Waals surface area (Å²) in [7, 11) is 0. The second kappa shape index (κ2) is 9.44. The normalized spacial score (nSPS) is 16.8. The van der Waals surface area contributed by atoms with Crippen LogP contribution in [0.5, 0.6) is 11.5 Å². The molecule has 10 nitrogen and oxygen atoms in total. The highest BCUT2D eigenvalue weighted by Crippen LogP contribution is 2.31. The lowest BCUT2D eigenvalue weighted by molar-refractivity contribution is -0.385. The fourth-order valence-corrected chi connectivity index (χ4v) is 2.90. The van der Waals surface area contributed by atoms with Crippen LogP contribution in [0.3, 0.4) is 0 Å². The fraction of sp³-hybridized carbons (Fsp3) is 0.579.